The number of aromatic nitrogens is 3. The fourth-order valence-corrected chi connectivity index (χ4v) is 3.12. The SMILES string of the molecule is CN(C)c1cccc(-c2nnc(SCCOc3ccc(Cl)cc3)n2N)c1. The van der Waals surface area contributed by atoms with E-state index in [-0.39, 0.29) is 0 Å². The smallest absolute Gasteiger partial charge is 0.210 e. The Labute approximate surface area is 161 Å². The lowest BCUT2D eigenvalue weighted by atomic mass is 10.2. The zero-order valence-electron chi connectivity index (χ0n) is 14.6. The van der Waals surface area contributed by atoms with Gasteiger partial charge in [-0.3, -0.25) is 0 Å². The summed E-state index contributed by atoms with van der Waals surface area (Å²) in [5, 5.41) is 9.75. The molecule has 6 nitrogen and oxygen atoms in total. The molecule has 0 atom stereocenters. The largest absolute Gasteiger partial charge is 0.493 e. The second-order valence-electron chi connectivity index (χ2n) is 5.77. The number of thioether (sulfide) groups is 1. The quantitative estimate of drug-likeness (QED) is 0.378. The second kappa shape index (κ2) is 8.33. The van der Waals surface area contributed by atoms with Crippen LogP contribution in [-0.4, -0.2) is 41.3 Å². The number of nitrogens with zero attached hydrogens (tertiary/aromatic N) is 4. The summed E-state index contributed by atoms with van der Waals surface area (Å²) < 4.78 is 7.19. The molecule has 0 aliphatic carbocycles. The fourth-order valence-electron chi connectivity index (χ4n) is 2.32. The number of anilines is 1. The highest BCUT2D eigenvalue weighted by atomic mass is 35.5. The van der Waals surface area contributed by atoms with E-state index in [0.29, 0.717) is 28.4 Å². The van der Waals surface area contributed by atoms with Crippen molar-refractivity contribution in [2.24, 2.45) is 0 Å². The average molecular weight is 390 g/mol. The molecule has 26 heavy (non-hydrogen) atoms. The van der Waals surface area contributed by atoms with E-state index in [1.165, 1.54) is 16.4 Å². The van der Waals surface area contributed by atoms with Gasteiger partial charge in [0.05, 0.1) is 6.61 Å². The van der Waals surface area contributed by atoms with Gasteiger partial charge in [-0.25, -0.2) is 4.68 Å². The molecule has 3 aromatic rings. The van der Waals surface area contributed by atoms with Gasteiger partial charge >= 0.3 is 0 Å². The molecule has 0 unspecified atom stereocenters. The molecular weight excluding hydrogens is 370 g/mol. The van der Waals surface area contributed by atoms with Gasteiger partial charge in [0.25, 0.3) is 0 Å². The Morgan fingerprint density at radius 1 is 1.15 bits per heavy atom. The predicted octanol–water partition coefficient (Wildman–Crippen LogP) is 3.55. The van der Waals surface area contributed by atoms with Gasteiger partial charge in [0.2, 0.25) is 5.16 Å². The Kier molecular flexibility index (Phi) is 5.90. The molecule has 136 valence electrons. The summed E-state index contributed by atoms with van der Waals surface area (Å²) in [4.78, 5) is 2.03. The van der Waals surface area contributed by atoms with Crippen molar-refractivity contribution in [2.45, 2.75) is 5.16 Å². The summed E-state index contributed by atoms with van der Waals surface area (Å²) >= 11 is 7.35. The van der Waals surface area contributed by atoms with Gasteiger partial charge in [-0.05, 0) is 36.4 Å². The van der Waals surface area contributed by atoms with Gasteiger partial charge in [-0.2, -0.15) is 0 Å². The van der Waals surface area contributed by atoms with Crippen molar-refractivity contribution in [3.8, 4) is 17.1 Å². The highest BCUT2D eigenvalue weighted by Crippen LogP contribution is 2.25. The molecule has 0 aliphatic heterocycles. The van der Waals surface area contributed by atoms with E-state index in [1.807, 2.05) is 55.4 Å². The molecule has 3 rings (SSSR count). The van der Waals surface area contributed by atoms with Crippen LogP contribution < -0.4 is 15.5 Å². The summed E-state index contributed by atoms with van der Waals surface area (Å²) in [5.41, 5.74) is 2.01. The minimum absolute atomic E-state index is 0.532. The second-order valence-corrected chi connectivity index (χ2v) is 7.27. The number of nitrogens with two attached hydrogens (primary N) is 1. The topological polar surface area (TPSA) is 69.2 Å². The van der Waals surface area contributed by atoms with Crippen LogP contribution in [-0.2, 0) is 0 Å². The van der Waals surface area contributed by atoms with Gasteiger partial charge in [0.1, 0.15) is 5.75 Å². The van der Waals surface area contributed by atoms with E-state index in [4.69, 9.17) is 22.2 Å². The van der Waals surface area contributed by atoms with E-state index < -0.39 is 0 Å². The van der Waals surface area contributed by atoms with Crippen LogP contribution in [0.1, 0.15) is 0 Å². The lowest BCUT2D eigenvalue weighted by Crippen LogP contribution is -2.13. The lowest BCUT2D eigenvalue weighted by Gasteiger charge is -2.13. The molecule has 0 saturated carbocycles. The molecule has 0 amide bonds. The third-order valence-electron chi connectivity index (χ3n) is 3.68. The van der Waals surface area contributed by atoms with E-state index in [2.05, 4.69) is 10.2 Å². The van der Waals surface area contributed by atoms with Crippen molar-refractivity contribution in [3.05, 3.63) is 53.6 Å². The summed E-state index contributed by atoms with van der Waals surface area (Å²) in [5.74, 6) is 8.29. The monoisotopic (exact) mass is 389 g/mol. The molecule has 0 radical (unpaired) electrons. The first-order valence-corrected chi connectivity index (χ1v) is 9.40. The molecule has 1 heterocycles. The van der Waals surface area contributed by atoms with E-state index >= 15 is 0 Å². The van der Waals surface area contributed by atoms with Crippen molar-refractivity contribution in [1.82, 2.24) is 14.9 Å². The van der Waals surface area contributed by atoms with Crippen LogP contribution in [0.5, 0.6) is 5.75 Å². The fraction of sp³-hybridized carbons (Fsp3) is 0.222. The normalized spacial score (nSPS) is 10.7. The lowest BCUT2D eigenvalue weighted by molar-refractivity contribution is 0.344. The number of nitrogen functional groups attached to an aromatic ring is 1. The number of halogens is 1. The molecule has 0 bridgehead atoms. The Morgan fingerprint density at radius 2 is 1.92 bits per heavy atom. The Bertz CT molecular complexity index is 866. The molecule has 1 aromatic heterocycles. The van der Waals surface area contributed by atoms with Crippen molar-refractivity contribution < 1.29 is 4.74 Å². The zero-order chi connectivity index (χ0) is 18.5. The van der Waals surface area contributed by atoms with Crippen molar-refractivity contribution in [2.75, 3.05) is 37.2 Å². The van der Waals surface area contributed by atoms with Crippen LogP contribution in [0.2, 0.25) is 5.02 Å². The first kappa shape index (κ1) is 18.4. The highest BCUT2D eigenvalue weighted by molar-refractivity contribution is 7.99. The van der Waals surface area contributed by atoms with E-state index in [0.717, 1.165) is 17.0 Å². The summed E-state index contributed by atoms with van der Waals surface area (Å²) in [6.45, 7) is 0.532. The number of ether oxygens (including phenoxy) is 1. The third-order valence-corrected chi connectivity index (χ3v) is 4.84. The van der Waals surface area contributed by atoms with Gasteiger partial charge in [0, 0.05) is 36.1 Å². The molecule has 2 aromatic carbocycles. The van der Waals surface area contributed by atoms with Crippen LogP contribution in [0.4, 0.5) is 5.69 Å². The van der Waals surface area contributed by atoms with Crippen LogP contribution in [0.25, 0.3) is 11.4 Å². The summed E-state index contributed by atoms with van der Waals surface area (Å²) in [6, 6.07) is 15.3. The van der Waals surface area contributed by atoms with Gasteiger partial charge < -0.3 is 15.5 Å². The minimum atomic E-state index is 0.532. The van der Waals surface area contributed by atoms with Crippen LogP contribution in [0.3, 0.4) is 0 Å². The molecule has 8 heteroatoms. The first-order chi connectivity index (χ1) is 12.5. The van der Waals surface area contributed by atoms with Crippen molar-refractivity contribution >= 4 is 29.1 Å². The number of hydrogen-bond donors (Lipinski definition) is 1. The highest BCUT2D eigenvalue weighted by Gasteiger charge is 2.13. The van der Waals surface area contributed by atoms with Crippen LogP contribution >= 0.6 is 23.4 Å². The Balaban J connectivity index is 1.60. The van der Waals surface area contributed by atoms with Crippen molar-refractivity contribution in [3.63, 3.8) is 0 Å². The Morgan fingerprint density at radius 3 is 2.65 bits per heavy atom. The van der Waals surface area contributed by atoms with Crippen molar-refractivity contribution in [1.29, 1.82) is 0 Å². The molecular formula is C18H20ClN5OS. The van der Waals surface area contributed by atoms with E-state index in [9.17, 15) is 0 Å². The van der Waals surface area contributed by atoms with Crippen LogP contribution in [0.15, 0.2) is 53.7 Å². The zero-order valence-corrected chi connectivity index (χ0v) is 16.2. The predicted molar refractivity (Wildman–Crippen MR) is 108 cm³/mol. The van der Waals surface area contributed by atoms with Gasteiger partial charge in [-0.1, -0.05) is 35.5 Å². The van der Waals surface area contributed by atoms with E-state index in [1.54, 1.807) is 12.1 Å². The maximum absolute atomic E-state index is 6.17. The Hall–Kier alpha value is -2.38. The van der Waals surface area contributed by atoms with Gasteiger partial charge in [-0.15, -0.1) is 10.2 Å². The molecule has 0 fully saturated rings. The standard InChI is InChI=1S/C18H20ClN5OS/c1-23(2)15-5-3-4-13(12-15)17-21-22-18(24(17)20)26-11-10-25-16-8-6-14(19)7-9-16/h3-9,12H,10-11,20H2,1-2H3. The average Bonchev–Trinajstić information content (AvgIpc) is 3.01. The molecule has 0 saturated heterocycles. The minimum Gasteiger partial charge on any atom is -0.493 e. The molecule has 2 N–H and O–H groups in total. The maximum atomic E-state index is 6.17. The number of benzene rings is 2. The number of hydrogen-bond acceptors (Lipinski definition) is 6. The van der Waals surface area contributed by atoms with Crippen LogP contribution in [0, 0.1) is 0 Å². The molecule has 0 aliphatic rings. The third kappa shape index (κ3) is 4.42. The number of rotatable bonds is 7. The maximum Gasteiger partial charge on any atom is 0.210 e. The van der Waals surface area contributed by atoms with Gasteiger partial charge in [0.15, 0.2) is 5.82 Å². The summed E-state index contributed by atoms with van der Waals surface area (Å²) in [7, 11) is 3.99. The molecule has 0 spiro atoms. The summed E-state index contributed by atoms with van der Waals surface area (Å²) in [6.07, 6.45) is 0. The first-order valence-electron chi connectivity index (χ1n) is 8.04.